The van der Waals surface area contributed by atoms with Crippen molar-refractivity contribution in [3.63, 3.8) is 0 Å². The van der Waals surface area contributed by atoms with Crippen molar-refractivity contribution in [1.82, 2.24) is 5.32 Å². The fourth-order valence-corrected chi connectivity index (χ4v) is 2.28. The summed E-state index contributed by atoms with van der Waals surface area (Å²) in [4.78, 5) is 12.1. The minimum absolute atomic E-state index is 0.0669. The zero-order valence-corrected chi connectivity index (χ0v) is 14.2. The van der Waals surface area contributed by atoms with Crippen molar-refractivity contribution in [2.45, 2.75) is 26.5 Å². The number of methoxy groups -OCH3 is 1. The van der Waals surface area contributed by atoms with Gasteiger partial charge in [0.2, 0.25) is 0 Å². The van der Waals surface area contributed by atoms with Crippen molar-refractivity contribution in [2.75, 3.05) is 7.11 Å². The van der Waals surface area contributed by atoms with Crippen LogP contribution in [0, 0.1) is 0 Å². The number of ether oxygens (including phenoxy) is 2. The molecule has 4 nitrogen and oxygen atoms in total. The third-order valence-electron chi connectivity index (χ3n) is 3.13. The number of carbonyl (C=O) groups is 1. The largest absolute Gasteiger partial charge is 0.493 e. The Balaban J connectivity index is 2.04. The van der Waals surface area contributed by atoms with Crippen LogP contribution in [0.15, 0.2) is 42.5 Å². The van der Waals surface area contributed by atoms with Gasteiger partial charge in [-0.3, -0.25) is 4.79 Å². The molecule has 0 heterocycles. The van der Waals surface area contributed by atoms with Gasteiger partial charge >= 0.3 is 0 Å². The lowest BCUT2D eigenvalue weighted by molar-refractivity contribution is 0.0951. The first-order valence-corrected chi connectivity index (χ1v) is 7.74. The highest BCUT2D eigenvalue weighted by atomic mass is 35.5. The minimum atomic E-state index is -0.172. The van der Waals surface area contributed by atoms with Crippen LogP contribution in [0.4, 0.5) is 0 Å². The maximum atomic E-state index is 12.1. The number of hydrogen-bond donors (Lipinski definition) is 1. The van der Waals surface area contributed by atoms with Gasteiger partial charge in [-0.1, -0.05) is 23.7 Å². The summed E-state index contributed by atoms with van der Waals surface area (Å²) in [6, 6.07) is 12.4. The third-order valence-corrected chi connectivity index (χ3v) is 3.37. The van der Waals surface area contributed by atoms with Crippen LogP contribution in [0.3, 0.4) is 0 Å². The first-order chi connectivity index (χ1) is 11.0. The lowest BCUT2D eigenvalue weighted by atomic mass is 10.1. The highest BCUT2D eigenvalue weighted by molar-refractivity contribution is 6.30. The molecule has 0 fully saturated rings. The third kappa shape index (κ3) is 4.89. The molecule has 2 rings (SSSR count). The van der Waals surface area contributed by atoms with E-state index in [4.69, 9.17) is 21.1 Å². The summed E-state index contributed by atoms with van der Waals surface area (Å²) in [5.74, 6) is 1.16. The molecule has 0 aliphatic carbocycles. The number of benzene rings is 2. The first-order valence-electron chi connectivity index (χ1n) is 7.37. The van der Waals surface area contributed by atoms with E-state index in [9.17, 15) is 4.79 Å². The lowest BCUT2D eigenvalue weighted by Crippen LogP contribution is -2.22. The summed E-state index contributed by atoms with van der Waals surface area (Å²) >= 11 is 5.89. The Kier molecular flexibility index (Phi) is 5.88. The zero-order valence-electron chi connectivity index (χ0n) is 13.4. The molecule has 0 bridgehead atoms. The molecule has 0 aliphatic heterocycles. The Morgan fingerprint density at radius 2 is 1.96 bits per heavy atom. The summed E-state index contributed by atoms with van der Waals surface area (Å²) in [7, 11) is 1.59. The first kappa shape index (κ1) is 17.2. The maximum Gasteiger partial charge on any atom is 0.251 e. The van der Waals surface area contributed by atoms with E-state index in [1.165, 1.54) is 0 Å². The number of halogens is 1. The van der Waals surface area contributed by atoms with Crippen LogP contribution in [0.1, 0.15) is 29.8 Å². The second kappa shape index (κ2) is 7.88. The normalized spacial score (nSPS) is 10.5. The highest BCUT2D eigenvalue weighted by Gasteiger charge is 2.09. The molecule has 0 spiro atoms. The number of rotatable bonds is 6. The average molecular weight is 334 g/mol. The number of amides is 1. The molecule has 0 saturated carbocycles. The molecule has 2 aromatic rings. The molecule has 5 heteroatoms. The van der Waals surface area contributed by atoms with Crippen molar-refractivity contribution in [3.05, 3.63) is 58.6 Å². The van der Waals surface area contributed by atoms with Gasteiger partial charge in [0, 0.05) is 17.1 Å². The van der Waals surface area contributed by atoms with Crippen molar-refractivity contribution < 1.29 is 14.3 Å². The van der Waals surface area contributed by atoms with Crippen LogP contribution >= 0.6 is 11.6 Å². The summed E-state index contributed by atoms with van der Waals surface area (Å²) in [5, 5.41) is 3.40. The van der Waals surface area contributed by atoms with Crippen LogP contribution < -0.4 is 14.8 Å². The minimum Gasteiger partial charge on any atom is -0.493 e. The molecule has 0 saturated heterocycles. The van der Waals surface area contributed by atoms with E-state index >= 15 is 0 Å². The summed E-state index contributed by atoms with van der Waals surface area (Å²) < 4.78 is 11.0. The molecular formula is C18H20ClNO3. The molecule has 0 aliphatic rings. The Bertz CT molecular complexity index is 686. The van der Waals surface area contributed by atoms with Gasteiger partial charge < -0.3 is 14.8 Å². The van der Waals surface area contributed by atoms with Crippen molar-refractivity contribution >= 4 is 17.5 Å². The summed E-state index contributed by atoms with van der Waals surface area (Å²) in [5.41, 5.74) is 1.46. The molecule has 122 valence electrons. The van der Waals surface area contributed by atoms with E-state index < -0.39 is 0 Å². The molecule has 0 atom stereocenters. The van der Waals surface area contributed by atoms with Crippen LogP contribution in [0.5, 0.6) is 11.5 Å². The van der Waals surface area contributed by atoms with E-state index in [0.29, 0.717) is 28.6 Å². The Morgan fingerprint density at radius 1 is 1.17 bits per heavy atom. The van der Waals surface area contributed by atoms with E-state index in [1.807, 2.05) is 32.0 Å². The quantitative estimate of drug-likeness (QED) is 0.867. The Labute approximate surface area is 141 Å². The van der Waals surface area contributed by atoms with Gasteiger partial charge in [0.1, 0.15) is 0 Å². The monoisotopic (exact) mass is 333 g/mol. The molecule has 0 aromatic heterocycles. The number of hydrogen-bond acceptors (Lipinski definition) is 3. The van der Waals surface area contributed by atoms with Gasteiger partial charge in [-0.25, -0.2) is 0 Å². The molecule has 0 unspecified atom stereocenters. The molecule has 2 aromatic carbocycles. The molecule has 23 heavy (non-hydrogen) atoms. The second-order valence-electron chi connectivity index (χ2n) is 5.34. The maximum absolute atomic E-state index is 12.1. The Hall–Kier alpha value is -2.20. The average Bonchev–Trinajstić information content (AvgIpc) is 2.53. The van der Waals surface area contributed by atoms with Gasteiger partial charge in [0.05, 0.1) is 13.2 Å². The number of carbonyl (C=O) groups excluding carboxylic acids is 1. The fourth-order valence-electron chi connectivity index (χ4n) is 2.09. The summed E-state index contributed by atoms with van der Waals surface area (Å²) in [6.07, 6.45) is 0.0669. The predicted octanol–water partition coefficient (Wildman–Crippen LogP) is 4.07. The van der Waals surface area contributed by atoms with E-state index in [0.717, 1.165) is 5.56 Å². The van der Waals surface area contributed by atoms with Crippen LogP contribution in [-0.4, -0.2) is 19.1 Å². The highest BCUT2D eigenvalue weighted by Crippen LogP contribution is 2.29. The zero-order chi connectivity index (χ0) is 16.8. The summed E-state index contributed by atoms with van der Waals surface area (Å²) in [6.45, 7) is 4.31. The smallest absolute Gasteiger partial charge is 0.251 e. The Morgan fingerprint density at radius 3 is 2.61 bits per heavy atom. The lowest BCUT2D eigenvalue weighted by Gasteiger charge is -2.14. The van der Waals surface area contributed by atoms with Crippen LogP contribution in [0.2, 0.25) is 5.02 Å². The van der Waals surface area contributed by atoms with Crippen molar-refractivity contribution in [2.24, 2.45) is 0 Å². The van der Waals surface area contributed by atoms with Crippen molar-refractivity contribution in [3.8, 4) is 11.5 Å². The fraction of sp³-hybridized carbons (Fsp3) is 0.278. The van der Waals surface area contributed by atoms with Gasteiger partial charge in [0.15, 0.2) is 11.5 Å². The van der Waals surface area contributed by atoms with Crippen LogP contribution in [0.25, 0.3) is 0 Å². The second-order valence-corrected chi connectivity index (χ2v) is 5.78. The molecule has 1 amide bonds. The van der Waals surface area contributed by atoms with Gasteiger partial charge in [0.25, 0.3) is 5.91 Å². The predicted molar refractivity (Wildman–Crippen MR) is 91.4 cm³/mol. The van der Waals surface area contributed by atoms with Gasteiger partial charge in [-0.15, -0.1) is 0 Å². The topological polar surface area (TPSA) is 47.6 Å². The van der Waals surface area contributed by atoms with Crippen LogP contribution in [-0.2, 0) is 6.54 Å². The molecule has 1 N–H and O–H groups in total. The molecular weight excluding hydrogens is 314 g/mol. The van der Waals surface area contributed by atoms with E-state index in [2.05, 4.69) is 5.32 Å². The van der Waals surface area contributed by atoms with E-state index in [1.54, 1.807) is 31.4 Å². The standard InChI is InChI=1S/C18H20ClNO3/c1-12(2)23-16-8-7-13(9-17(16)22-3)11-20-18(21)14-5-4-6-15(19)10-14/h4-10,12H,11H2,1-3H3,(H,20,21). The van der Waals surface area contributed by atoms with E-state index in [-0.39, 0.29) is 12.0 Å². The van der Waals surface area contributed by atoms with Gasteiger partial charge in [-0.05, 0) is 49.7 Å². The van der Waals surface area contributed by atoms with Gasteiger partial charge in [-0.2, -0.15) is 0 Å². The SMILES string of the molecule is COc1cc(CNC(=O)c2cccc(Cl)c2)ccc1OC(C)C. The molecule has 0 radical (unpaired) electrons. The van der Waals surface area contributed by atoms with Crippen molar-refractivity contribution in [1.29, 1.82) is 0 Å². The number of nitrogens with one attached hydrogen (secondary N) is 1.